The summed E-state index contributed by atoms with van der Waals surface area (Å²) in [5.74, 6) is 0.541. The third kappa shape index (κ3) is 2.72. The van der Waals surface area contributed by atoms with E-state index >= 15 is 0 Å². The average molecular weight is 246 g/mol. The lowest BCUT2D eigenvalue weighted by Gasteiger charge is -2.21. The van der Waals surface area contributed by atoms with Crippen molar-refractivity contribution in [3.8, 4) is 0 Å². The topological polar surface area (TPSA) is 55.1 Å². The molecule has 18 heavy (non-hydrogen) atoms. The van der Waals surface area contributed by atoms with Crippen molar-refractivity contribution in [2.75, 3.05) is 6.54 Å². The molecular formula is C15H22N2O. The first kappa shape index (κ1) is 13.1. The molecule has 3 N–H and O–H groups in total. The molecule has 1 aliphatic carbocycles. The first-order valence-electron chi connectivity index (χ1n) is 6.63. The van der Waals surface area contributed by atoms with Gasteiger partial charge in [-0.2, -0.15) is 0 Å². The van der Waals surface area contributed by atoms with Crippen LogP contribution in [0.5, 0.6) is 0 Å². The van der Waals surface area contributed by atoms with E-state index in [1.165, 1.54) is 12.8 Å². The number of nitrogens with two attached hydrogens (primary N) is 1. The molecule has 0 spiro atoms. The quantitative estimate of drug-likeness (QED) is 0.837. The number of amides is 1. The monoisotopic (exact) mass is 246 g/mol. The van der Waals surface area contributed by atoms with Crippen molar-refractivity contribution in [2.24, 2.45) is 17.1 Å². The van der Waals surface area contributed by atoms with Crippen molar-refractivity contribution < 1.29 is 4.79 Å². The van der Waals surface area contributed by atoms with Crippen molar-refractivity contribution in [1.82, 2.24) is 5.32 Å². The van der Waals surface area contributed by atoms with E-state index in [-0.39, 0.29) is 5.91 Å². The van der Waals surface area contributed by atoms with E-state index in [1.807, 2.05) is 30.3 Å². The lowest BCUT2D eigenvalue weighted by Crippen LogP contribution is -2.38. The molecule has 1 fully saturated rings. The van der Waals surface area contributed by atoms with Crippen molar-refractivity contribution >= 4 is 5.91 Å². The van der Waals surface area contributed by atoms with Crippen LogP contribution in [0.15, 0.2) is 30.3 Å². The number of benzene rings is 1. The van der Waals surface area contributed by atoms with Gasteiger partial charge in [0.2, 0.25) is 5.91 Å². The zero-order valence-electron chi connectivity index (χ0n) is 11.1. The zero-order chi connectivity index (χ0) is 13.2. The van der Waals surface area contributed by atoms with Gasteiger partial charge < -0.3 is 11.1 Å². The smallest absolute Gasteiger partial charge is 0.241 e. The Balaban J connectivity index is 1.89. The maximum atomic E-state index is 12.0. The summed E-state index contributed by atoms with van der Waals surface area (Å²) in [7, 11) is 0. The normalized spacial score (nSPS) is 18.4. The van der Waals surface area contributed by atoms with Crippen LogP contribution in [0.4, 0.5) is 0 Å². The van der Waals surface area contributed by atoms with E-state index in [2.05, 4.69) is 19.2 Å². The van der Waals surface area contributed by atoms with Crippen molar-refractivity contribution in [2.45, 2.75) is 32.7 Å². The molecule has 0 aliphatic heterocycles. The summed E-state index contributed by atoms with van der Waals surface area (Å²) < 4.78 is 0. The minimum absolute atomic E-state index is 0.0758. The largest absolute Gasteiger partial charge is 0.354 e. The van der Waals surface area contributed by atoms with Crippen LogP contribution in [0.1, 0.15) is 38.3 Å². The summed E-state index contributed by atoms with van der Waals surface area (Å²) >= 11 is 0. The highest BCUT2D eigenvalue weighted by Crippen LogP contribution is 2.51. The molecule has 1 saturated carbocycles. The molecule has 3 heteroatoms. The fraction of sp³-hybridized carbons (Fsp3) is 0.533. The Morgan fingerprint density at radius 2 is 1.94 bits per heavy atom. The van der Waals surface area contributed by atoms with Gasteiger partial charge in [-0.1, -0.05) is 44.2 Å². The Bertz CT molecular complexity index is 410. The van der Waals surface area contributed by atoms with Gasteiger partial charge >= 0.3 is 0 Å². The van der Waals surface area contributed by atoms with E-state index < -0.39 is 6.04 Å². The highest BCUT2D eigenvalue weighted by atomic mass is 16.2. The molecule has 1 atom stereocenters. The SMILES string of the molecule is CC(C)C1(CNC(=O)[C@@H](N)c2ccccc2)CC1. The lowest BCUT2D eigenvalue weighted by molar-refractivity contribution is -0.122. The van der Waals surface area contributed by atoms with Crippen LogP contribution in [0.3, 0.4) is 0 Å². The van der Waals surface area contributed by atoms with Gasteiger partial charge in [-0.25, -0.2) is 0 Å². The fourth-order valence-corrected chi connectivity index (χ4v) is 2.30. The molecule has 1 aromatic rings. The Morgan fingerprint density at radius 3 is 2.44 bits per heavy atom. The van der Waals surface area contributed by atoms with Gasteiger partial charge in [0.1, 0.15) is 6.04 Å². The Hall–Kier alpha value is -1.35. The van der Waals surface area contributed by atoms with E-state index in [9.17, 15) is 4.79 Å². The molecule has 0 bridgehead atoms. The first-order chi connectivity index (χ1) is 8.55. The van der Waals surface area contributed by atoms with E-state index in [4.69, 9.17) is 5.73 Å². The fourth-order valence-electron chi connectivity index (χ4n) is 2.30. The molecular weight excluding hydrogens is 224 g/mol. The van der Waals surface area contributed by atoms with Gasteiger partial charge in [0, 0.05) is 6.54 Å². The van der Waals surface area contributed by atoms with Crippen LogP contribution in [0.2, 0.25) is 0 Å². The highest BCUT2D eigenvalue weighted by Gasteiger charge is 2.45. The summed E-state index contributed by atoms with van der Waals surface area (Å²) in [6.07, 6.45) is 2.43. The van der Waals surface area contributed by atoms with Gasteiger partial charge in [0.25, 0.3) is 0 Å². The maximum absolute atomic E-state index is 12.0. The number of hydrogen-bond acceptors (Lipinski definition) is 2. The van der Waals surface area contributed by atoms with Crippen molar-refractivity contribution in [1.29, 1.82) is 0 Å². The van der Waals surface area contributed by atoms with Crippen LogP contribution in [-0.2, 0) is 4.79 Å². The number of carbonyl (C=O) groups is 1. The van der Waals surface area contributed by atoms with Gasteiger partial charge in [-0.05, 0) is 29.7 Å². The van der Waals surface area contributed by atoms with Crippen LogP contribution in [0, 0.1) is 11.3 Å². The van der Waals surface area contributed by atoms with Gasteiger partial charge in [0.15, 0.2) is 0 Å². The minimum Gasteiger partial charge on any atom is -0.354 e. The third-order valence-electron chi connectivity index (χ3n) is 4.17. The third-order valence-corrected chi connectivity index (χ3v) is 4.17. The lowest BCUT2D eigenvalue weighted by atomic mass is 9.92. The molecule has 0 saturated heterocycles. The number of rotatable bonds is 5. The molecule has 0 heterocycles. The van der Waals surface area contributed by atoms with Crippen LogP contribution >= 0.6 is 0 Å². The van der Waals surface area contributed by atoms with Gasteiger partial charge in [0.05, 0.1) is 0 Å². The van der Waals surface area contributed by atoms with E-state index in [0.29, 0.717) is 11.3 Å². The standard InChI is InChI=1S/C15H22N2O/c1-11(2)15(8-9-15)10-17-14(18)13(16)12-6-4-3-5-7-12/h3-7,11,13H,8-10,16H2,1-2H3,(H,17,18)/t13-/m0/s1. The predicted octanol–water partition coefficient (Wildman–Crippen LogP) is 2.24. The number of carbonyl (C=O) groups excluding carboxylic acids is 1. The van der Waals surface area contributed by atoms with Crippen LogP contribution in [0.25, 0.3) is 0 Å². The minimum atomic E-state index is -0.561. The number of nitrogens with one attached hydrogen (secondary N) is 1. The Kier molecular flexibility index (Phi) is 3.71. The zero-order valence-corrected chi connectivity index (χ0v) is 11.1. The summed E-state index contributed by atoms with van der Waals surface area (Å²) in [5, 5.41) is 3.00. The maximum Gasteiger partial charge on any atom is 0.241 e. The summed E-state index contributed by atoms with van der Waals surface area (Å²) in [6.45, 7) is 5.19. The Labute approximate surface area is 109 Å². The highest BCUT2D eigenvalue weighted by molar-refractivity contribution is 5.82. The summed E-state index contributed by atoms with van der Waals surface area (Å²) in [5.41, 5.74) is 7.14. The molecule has 0 unspecified atom stereocenters. The molecule has 2 rings (SSSR count). The molecule has 1 aliphatic rings. The van der Waals surface area contributed by atoms with Crippen molar-refractivity contribution in [3.63, 3.8) is 0 Å². The van der Waals surface area contributed by atoms with E-state index in [1.54, 1.807) is 0 Å². The molecule has 0 radical (unpaired) electrons. The first-order valence-corrected chi connectivity index (χ1v) is 6.63. The van der Waals surface area contributed by atoms with E-state index in [0.717, 1.165) is 12.1 Å². The second-order valence-corrected chi connectivity index (χ2v) is 5.62. The predicted molar refractivity (Wildman–Crippen MR) is 72.9 cm³/mol. The molecule has 3 nitrogen and oxygen atoms in total. The average Bonchev–Trinajstić information content (AvgIpc) is 3.17. The van der Waals surface area contributed by atoms with Crippen molar-refractivity contribution in [3.05, 3.63) is 35.9 Å². The second kappa shape index (κ2) is 5.11. The second-order valence-electron chi connectivity index (χ2n) is 5.62. The molecule has 0 aromatic heterocycles. The summed E-state index contributed by atoms with van der Waals surface area (Å²) in [4.78, 5) is 12.0. The number of hydrogen-bond donors (Lipinski definition) is 2. The van der Waals surface area contributed by atoms with Crippen LogP contribution < -0.4 is 11.1 Å². The molecule has 1 amide bonds. The molecule has 98 valence electrons. The van der Waals surface area contributed by atoms with Gasteiger partial charge in [-0.15, -0.1) is 0 Å². The van der Waals surface area contributed by atoms with Crippen LogP contribution in [-0.4, -0.2) is 12.5 Å². The Morgan fingerprint density at radius 1 is 1.33 bits per heavy atom. The summed E-state index contributed by atoms with van der Waals surface area (Å²) in [6, 6.07) is 8.94. The molecule has 1 aromatic carbocycles. The van der Waals surface area contributed by atoms with Gasteiger partial charge in [-0.3, -0.25) is 4.79 Å².